The summed E-state index contributed by atoms with van der Waals surface area (Å²) < 4.78 is 0. The molecule has 1 aromatic heterocycles. The Morgan fingerprint density at radius 3 is 2.89 bits per heavy atom. The molecule has 4 heteroatoms. The summed E-state index contributed by atoms with van der Waals surface area (Å²) in [4.78, 5) is 6.69. The Morgan fingerprint density at radius 2 is 2.21 bits per heavy atom. The van der Waals surface area contributed by atoms with Gasteiger partial charge in [-0.15, -0.1) is 0 Å². The number of aromatic nitrogens is 1. The standard InChI is InChI=1S/C15H18ClN3/c1-19(15(9-17)10-2-3-10)14-6-7-18-13-8-11(16)4-5-12(13)14/h4-8,10,15H,2-3,9,17H2,1H3. The Hall–Kier alpha value is -1.32. The molecule has 0 spiro atoms. The van der Waals surface area contributed by atoms with E-state index in [9.17, 15) is 0 Å². The van der Waals surface area contributed by atoms with Gasteiger partial charge in [-0.2, -0.15) is 0 Å². The first kappa shape index (κ1) is 12.7. The summed E-state index contributed by atoms with van der Waals surface area (Å²) >= 11 is 6.03. The molecule has 0 saturated heterocycles. The molecule has 0 amide bonds. The van der Waals surface area contributed by atoms with Gasteiger partial charge in [0.05, 0.1) is 5.52 Å². The molecule has 2 aromatic rings. The molecule has 2 N–H and O–H groups in total. The molecule has 1 saturated carbocycles. The van der Waals surface area contributed by atoms with Crippen molar-refractivity contribution >= 4 is 28.2 Å². The fourth-order valence-electron chi connectivity index (χ4n) is 2.74. The summed E-state index contributed by atoms with van der Waals surface area (Å²) in [5.41, 5.74) is 8.06. The highest BCUT2D eigenvalue weighted by Gasteiger charge is 2.33. The lowest BCUT2D eigenvalue weighted by atomic mass is 10.1. The van der Waals surface area contributed by atoms with Crippen molar-refractivity contribution in [2.45, 2.75) is 18.9 Å². The molecular weight excluding hydrogens is 258 g/mol. The Kier molecular flexibility index (Phi) is 3.33. The topological polar surface area (TPSA) is 42.2 Å². The molecule has 0 radical (unpaired) electrons. The molecule has 1 fully saturated rings. The molecule has 100 valence electrons. The van der Waals surface area contributed by atoms with E-state index >= 15 is 0 Å². The Morgan fingerprint density at radius 1 is 1.42 bits per heavy atom. The number of benzene rings is 1. The van der Waals surface area contributed by atoms with Gasteiger partial charge in [0.25, 0.3) is 0 Å². The zero-order valence-electron chi connectivity index (χ0n) is 11.0. The van der Waals surface area contributed by atoms with E-state index in [2.05, 4.69) is 23.0 Å². The van der Waals surface area contributed by atoms with Gasteiger partial charge >= 0.3 is 0 Å². The maximum absolute atomic E-state index is 6.03. The van der Waals surface area contributed by atoms with E-state index in [0.29, 0.717) is 12.6 Å². The number of likely N-dealkylation sites (N-methyl/N-ethyl adjacent to an activating group) is 1. The van der Waals surface area contributed by atoms with Crippen LogP contribution in [0.4, 0.5) is 5.69 Å². The van der Waals surface area contributed by atoms with Crippen molar-refractivity contribution in [1.29, 1.82) is 0 Å². The third-order valence-electron chi connectivity index (χ3n) is 3.97. The van der Waals surface area contributed by atoms with Crippen LogP contribution in [0.25, 0.3) is 10.9 Å². The molecule has 1 heterocycles. The van der Waals surface area contributed by atoms with Crippen LogP contribution < -0.4 is 10.6 Å². The molecule has 19 heavy (non-hydrogen) atoms. The minimum absolute atomic E-state index is 0.418. The molecule has 0 bridgehead atoms. The van der Waals surface area contributed by atoms with Crippen molar-refractivity contribution < 1.29 is 0 Å². The summed E-state index contributed by atoms with van der Waals surface area (Å²) in [5.74, 6) is 0.741. The summed E-state index contributed by atoms with van der Waals surface area (Å²) in [6.07, 6.45) is 4.42. The first-order valence-corrected chi connectivity index (χ1v) is 7.05. The summed E-state index contributed by atoms with van der Waals surface area (Å²) in [7, 11) is 2.12. The van der Waals surface area contributed by atoms with E-state index < -0.39 is 0 Å². The third-order valence-corrected chi connectivity index (χ3v) is 4.20. The smallest absolute Gasteiger partial charge is 0.0737 e. The second-order valence-electron chi connectivity index (χ2n) is 5.24. The molecule has 1 aliphatic rings. The Bertz CT molecular complexity index is 595. The van der Waals surface area contributed by atoms with Crippen LogP contribution in [0.3, 0.4) is 0 Å². The number of nitrogens with two attached hydrogens (primary N) is 1. The van der Waals surface area contributed by atoms with Crippen LogP contribution in [-0.2, 0) is 0 Å². The van der Waals surface area contributed by atoms with E-state index in [1.54, 1.807) is 0 Å². The van der Waals surface area contributed by atoms with Crippen LogP contribution >= 0.6 is 11.6 Å². The third kappa shape index (κ3) is 2.40. The zero-order chi connectivity index (χ0) is 13.4. The van der Waals surface area contributed by atoms with Crippen LogP contribution in [0.1, 0.15) is 12.8 Å². The van der Waals surface area contributed by atoms with Crippen molar-refractivity contribution in [3.8, 4) is 0 Å². The Labute approximate surface area is 118 Å². The number of fused-ring (bicyclic) bond motifs is 1. The number of anilines is 1. The van der Waals surface area contributed by atoms with Crippen LogP contribution in [0.15, 0.2) is 30.5 Å². The van der Waals surface area contributed by atoms with E-state index in [1.807, 2.05) is 24.4 Å². The molecule has 0 aliphatic heterocycles. The van der Waals surface area contributed by atoms with E-state index in [0.717, 1.165) is 21.8 Å². The number of rotatable bonds is 4. The van der Waals surface area contributed by atoms with Gasteiger partial charge < -0.3 is 10.6 Å². The van der Waals surface area contributed by atoms with E-state index in [1.165, 1.54) is 18.5 Å². The number of hydrogen-bond acceptors (Lipinski definition) is 3. The number of hydrogen-bond donors (Lipinski definition) is 1. The van der Waals surface area contributed by atoms with Gasteiger partial charge in [-0.25, -0.2) is 0 Å². The average Bonchev–Trinajstić information content (AvgIpc) is 3.23. The maximum Gasteiger partial charge on any atom is 0.0737 e. The first-order valence-electron chi connectivity index (χ1n) is 6.68. The highest BCUT2D eigenvalue weighted by Crippen LogP contribution is 2.37. The molecule has 1 aliphatic carbocycles. The largest absolute Gasteiger partial charge is 0.369 e. The van der Waals surface area contributed by atoms with Crippen molar-refractivity contribution in [3.05, 3.63) is 35.5 Å². The number of nitrogens with zero attached hydrogens (tertiary/aromatic N) is 2. The number of halogens is 1. The fourth-order valence-corrected chi connectivity index (χ4v) is 2.91. The van der Waals surface area contributed by atoms with Crippen LogP contribution in [-0.4, -0.2) is 24.6 Å². The fraction of sp³-hybridized carbons (Fsp3) is 0.400. The minimum atomic E-state index is 0.418. The average molecular weight is 276 g/mol. The summed E-state index contributed by atoms with van der Waals surface area (Å²) in [6.45, 7) is 0.693. The molecule has 1 unspecified atom stereocenters. The zero-order valence-corrected chi connectivity index (χ0v) is 11.8. The van der Waals surface area contributed by atoms with Crippen LogP contribution in [0, 0.1) is 5.92 Å². The van der Waals surface area contributed by atoms with Crippen LogP contribution in [0.5, 0.6) is 0 Å². The molecular formula is C15H18ClN3. The first-order chi connectivity index (χ1) is 9.20. The highest BCUT2D eigenvalue weighted by atomic mass is 35.5. The van der Waals surface area contributed by atoms with Crippen molar-refractivity contribution in [3.63, 3.8) is 0 Å². The van der Waals surface area contributed by atoms with Gasteiger partial charge in [0.1, 0.15) is 0 Å². The Balaban J connectivity index is 2.03. The lowest BCUT2D eigenvalue weighted by Crippen LogP contribution is -2.39. The van der Waals surface area contributed by atoms with Crippen molar-refractivity contribution in [2.75, 3.05) is 18.5 Å². The van der Waals surface area contributed by atoms with Gasteiger partial charge in [-0.3, -0.25) is 4.98 Å². The van der Waals surface area contributed by atoms with Gasteiger partial charge in [-0.1, -0.05) is 11.6 Å². The maximum atomic E-state index is 6.03. The van der Waals surface area contributed by atoms with Crippen molar-refractivity contribution in [2.24, 2.45) is 11.7 Å². The second kappa shape index (κ2) is 4.99. The predicted molar refractivity (Wildman–Crippen MR) is 80.7 cm³/mol. The minimum Gasteiger partial charge on any atom is -0.369 e. The second-order valence-corrected chi connectivity index (χ2v) is 5.68. The quantitative estimate of drug-likeness (QED) is 0.932. The van der Waals surface area contributed by atoms with Gasteiger partial charge in [0.2, 0.25) is 0 Å². The molecule has 1 atom stereocenters. The molecule has 3 nitrogen and oxygen atoms in total. The van der Waals surface area contributed by atoms with Crippen LogP contribution in [0.2, 0.25) is 5.02 Å². The van der Waals surface area contributed by atoms with Crippen molar-refractivity contribution in [1.82, 2.24) is 4.98 Å². The summed E-state index contributed by atoms with van der Waals surface area (Å²) in [6, 6.07) is 8.33. The lowest BCUT2D eigenvalue weighted by Gasteiger charge is -2.30. The van der Waals surface area contributed by atoms with Gasteiger partial charge in [-0.05, 0) is 43.0 Å². The van der Waals surface area contributed by atoms with E-state index in [-0.39, 0.29) is 0 Å². The summed E-state index contributed by atoms with van der Waals surface area (Å²) in [5, 5.41) is 1.85. The SMILES string of the molecule is CN(c1ccnc2cc(Cl)ccc12)C(CN)C1CC1. The van der Waals surface area contributed by atoms with E-state index in [4.69, 9.17) is 17.3 Å². The number of pyridine rings is 1. The molecule has 1 aromatic carbocycles. The van der Waals surface area contributed by atoms with Gasteiger partial charge in [0.15, 0.2) is 0 Å². The van der Waals surface area contributed by atoms with Gasteiger partial charge in [0, 0.05) is 41.9 Å². The normalized spacial score (nSPS) is 16.6. The monoisotopic (exact) mass is 275 g/mol. The lowest BCUT2D eigenvalue weighted by molar-refractivity contribution is 0.572. The highest BCUT2D eigenvalue weighted by molar-refractivity contribution is 6.31. The molecule has 3 rings (SSSR count). The predicted octanol–water partition coefficient (Wildman–Crippen LogP) is 3.06.